The van der Waals surface area contributed by atoms with E-state index in [4.69, 9.17) is 0 Å². The number of nitrogens with zero attached hydrogens (tertiary/aromatic N) is 1. The lowest BCUT2D eigenvalue weighted by molar-refractivity contribution is -0.119. The van der Waals surface area contributed by atoms with Gasteiger partial charge in [-0.05, 0) is 31.6 Å². The third-order valence-electron chi connectivity index (χ3n) is 5.06. The van der Waals surface area contributed by atoms with E-state index in [0.29, 0.717) is 5.92 Å². The van der Waals surface area contributed by atoms with Gasteiger partial charge in [-0.3, -0.25) is 4.90 Å². The van der Waals surface area contributed by atoms with E-state index in [2.05, 4.69) is 18.7 Å². The summed E-state index contributed by atoms with van der Waals surface area (Å²) < 4.78 is 0. The summed E-state index contributed by atoms with van der Waals surface area (Å²) in [5.41, 5.74) is -0.0181. The van der Waals surface area contributed by atoms with Crippen LogP contribution < -0.4 is 0 Å². The van der Waals surface area contributed by atoms with Crippen molar-refractivity contribution in [2.45, 2.75) is 77.7 Å². The van der Waals surface area contributed by atoms with E-state index >= 15 is 0 Å². The Labute approximate surface area is 118 Å². The van der Waals surface area contributed by atoms with Crippen molar-refractivity contribution in [1.82, 2.24) is 4.90 Å². The summed E-state index contributed by atoms with van der Waals surface area (Å²) in [6.45, 7) is 6.80. The van der Waals surface area contributed by atoms with Gasteiger partial charge in [-0.15, -0.1) is 0 Å². The molecule has 0 bridgehead atoms. The first kappa shape index (κ1) is 15.0. The van der Waals surface area contributed by atoms with Crippen molar-refractivity contribution >= 4 is 6.29 Å². The van der Waals surface area contributed by atoms with Gasteiger partial charge >= 0.3 is 0 Å². The zero-order valence-electron chi connectivity index (χ0n) is 12.9. The first-order valence-electron chi connectivity index (χ1n) is 8.36. The fourth-order valence-electron chi connectivity index (χ4n) is 4.05. The Balaban J connectivity index is 2.02. The minimum absolute atomic E-state index is 0.0181. The monoisotopic (exact) mass is 265 g/mol. The van der Waals surface area contributed by atoms with E-state index < -0.39 is 0 Å². The van der Waals surface area contributed by atoms with E-state index in [1.165, 1.54) is 57.8 Å². The molecule has 0 aliphatic heterocycles. The highest BCUT2D eigenvalue weighted by atomic mass is 16.1. The average Bonchev–Trinajstić information content (AvgIpc) is 2.92. The molecule has 0 amide bonds. The lowest BCUT2D eigenvalue weighted by atomic mass is 9.74. The second-order valence-electron chi connectivity index (χ2n) is 7.30. The molecular weight excluding hydrogens is 234 g/mol. The third-order valence-corrected chi connectivity index (χ3v) is 5.06. The van der Waals surface area contributed by atoms with Crippen molar-refractivity contribution in [1.29, 1.82) is 0 Å². The maximum atomic E-state index is 11.7. The van der Waals surface area contributed by atoms with E-state index in [1.54, 1.807) is 0 Å². The minimum atomic E-state index is -0.0181. The molecule has 19 heavy (non-hydrogen) atoms. The van der Waals surface area contributed by atoms with Gasteiger partial charge in [0, 0.05) is 24.5 Å². The molecule has 2 nitrogen and oxygen atoms in total. The number of hydrogen-bond acceptors (Lipinski definition) is 2. The fourth-order valence-corrected chi connectivity index (χ4v) is 4.05. The van der Waals surface area contributed by atoms with Crippen LogP contribution in [0.2, 0.25) is 0 Å². The Kier molecular flexibility index (Phi) is 5.44. The average molecular weight is 265 g/mol. The van der Waals surface area contributed by atoms with Gasteiger partial charge in [0.05, 0.1) is 0 Å². The largest absolute Gasteiger partial charge is 0.303 e. The molecule has 2 aliphatic rings. The first-order chi connectivity index (χ1) is 9.15. The van der Waals surface area contributed by atoms with Gasteiger partial charge in [0.1, 0.15) is 6.29 Å². The van der Waals surface area contributed by atoms with Crippen molar-refractivity contribution < 1.29 is 4.79 Å². The van der Waals surface area contributed by atoms with Crippen LogP contribution in [-0.2, 0) is 4.79 Å². The molecule has 110 valence electrons. The van der Waals surface area contributed by atoms with Crippen LogP contribution in [0.15, 0.2) is 0 Å². The number of aldehydes is 1. The van der Waals surface area contributed by atoms with Crippen LogP contribution >= 0.6 is 0 Å². The minimum Gasteiger partial charge on any atom is -0.303 e. The highest BCUT2D eigenvalue weighted by Crippen LogP contribution is 2.37. The summed E-state index contributed by atoms with van der Waals surface area (Å²) >= 11 is 0. The molecule has 0 radical (unpaired) electrons. The van der Waals surface area contributed by atoms with E-state index in [1.807, 2.05) is 0 Å². The summed E-state index contributed by atoms with van der Waals surface area (Å²) in [7, 11) is 0. The van der Waals surface area contributed by atoms with Crippen LogP contribution in [0.4, 0.5) is 0 Å². The topological polar surface area (TPSA) is 20.3 Å². The SMILES string of the molecule is CC(C)CN(CC1(C=O)CCCCC1)C1CCCC1. The van der Waals surface area contributed by atoms with Crippen LogP contribution in [-0.4, -0.2) is 30.3 Å². The van der Waals surface area contributed by atoms with Gasteiger partial charge in [-0.1, -0.05) is 46.0 Å². The third kappa shape index (κ3) is 4.05. The molecule has 0 heterocycles. The molecular formula is C17H31NO. The highest BCUT2D eigenvalue weighted by molar-refractivity contribution is 5.60. The maximum absolute atomic E-state index is 11.7. The number of rotatable bonds is 6. The molecule has 0 aromatic carbocycles. The normalized spacial score (nSPS) is 24.2. The molecule has 0 aromatic rings. The van der Waals surface area contributed by atoms with E-state index in [9.17, 15) is 4.79 Å². The van der Waals surface area contributed by atoms with Gasteiger partial charge in [0.15, 0.2) is 0 Å². The number of carbonyl (C=O) groups is 1. The first-order valence-corrected chi connectivity index (χ1v) is 8.36. The van der Waals surface area contributed by atoms with Crippen molar-refractivity contribution in [3.05, 3.63) is 0 Å². The fraction of sp³-hybridized carbons (Fsp3) is 0.941. The summed E-state index contributed by atoms with van der Waals surface area (Å²) in [5.74, 6) is 0.702. The molecule has 0 atom stereocenters. The maximum Gasteiger partial charge on any atom is 0.127 e. The molecule has 0 spiro atoms. The predicted molar refractivity (Wildman–Crippen MR) is 80.2 cm³/mol. The summed E-state index contributed by atoms with van der Waals surface area (Å²) in [6, 6.07) is 0.751. The molecule has 2 rings (SSSR count). The lowest BCUT2D eigenvalue weighted by Crippen LogP contribution is -2.46. The standard InChI is InChI=1S/C17H31NO/c1-15(2)12-18(16-8-4-5-9-16)13-17(14-19)10-6-3-7-11-17/h14-16H,3-13H2,1-2H3. The van der Waals surface area contributed by atoms with Crippen molar-refractivity contribution in [2.75, 3.05) is 13.1 Å². The second-order valence-corrected chi connectivity index (χ2v) is 7.30. The smallest absolute Gasteiger partial charge is 0.127 e. The van der Waals surface area contributed by atoms with E-state index in [-0.39, 0.29) is 5.41 Å². The number of carbonyl (C=O) groups excluding carboxylic acids is 1. The van der Waals surface area contributed by atoms with Gasteiger partial charge in [-0.25, -0.2) is 0 Å². The molecule has 0 aromatic heterocycles. The molecule has 2 fully saturated rings. The summed E-state index contributed by atoms with van der Waals surface area (Å²) in [6.07, 6.45) is 12.8. The molecule has 0 unspecified atom stereocenters. The Morgan fingerprint density at radius 1 is 1.11 bits per heavy atom. The molecule has 2 aliphatic carbocycles. The van der Waals surface area contributed by atoms with Crippen LogP contribution in [0.1, 0.15) is 71.6 Å². The van der Waals surface area contributed by atoms with Crippen LogP contribution in [0, 0.1) is 11.3 Å². The lowest BCUT2D eigenvalue weighted by Gasteiger charge is -2.40. The van der Waals surface area contributed by atoms with Gasteiger partial charge < -0.3 is 4.79 Å². The zero-order chi connectivity index (χ0) is 13.7. The Bertz CT molecular complexity index is 275. The zero-order valence-corrected chi connectivity index (χ0v) is 12.9. The highest BCUT2D eigenvalue weighted by Gasteiger charge is 2.36. The number of hydrogen-bond donors (Lipinski definition) is 0. The van der Waals surface area contributed by atoms with Crippen LogP contribution in [0.5, 0.6) is 0 Å². The van der Waals surface area contributed by atoms with Crippen molar-refractivity contribution in [2.24, 2.45) is 11.3 Å². The van der Waals surface area contributed by atoms with Gasteiger partial charge in [0.2, 0.25) is 0 Å². The second kappa shape index (κ2) is 6.88. The quantitative estimate of drug-likeness (QED) is 0.676. The van der Waals surface area contributed by atoms with Crippen LogP contribution in [0.25, 0.3) is 0 Å². The molecule has 0 saturated heterocycles. The van der Waals surface area contributed by atoms with E-state index in [0.717, 1.165) is 25.4 Å². The Morgan fingerprint density at radius 3 is 2.26 bits per heavy atom. The summed E-state index contributed by atoms with van der Waals surface area (Å²) in [4.78, 5) is 14.4. The van der Waals surface area contributed by atoms with Crippen molar-refractivity contribution in [3.8, 4) is 0 Å². The summed E-state index contributed by atoms with van der Waals surface area (Å²) in [5, 5.41) is 0. The van der Waals surface area contributed by atoms with Crippen LogP contribution in [0.3, 0.4) is 0 Å². The molecule has 0 N–H and O–H groups in total. The Hall–Kier alpha value is -0.370. The van der Waals surface area contributed by atoms with Gasteiger partial charge in [0.25, 0.3) is 0 Å². The van der Waals surface area contributed by atoms with Gasteiger partial charge in [-0.2, -0.15) is 0 Å². The molecule has 2 saturated carbocycles. The van der Waals surface area contributed by atoms with Crippen molar-refractivity contribution in [3.63, 3.8) is 0 Å². The molecule has 2 heteroatoms. The Morgan fingerprint density at radius 2 is 1.74 bits per heavy atom. The predicted octanol–water partition coefficient (Wildman–Crippen LogP) is 4.04.